The fourth-order valence-electron chi connectivity index (χ4n) is 2.31. The zero-order valence-corrected chi connectivity index (χ0v) is 10.5. The van der Waals surface area contributed by atoms with Gasteiger partial charge in [-0.1, -0.05) is 24.1 Å². The molecule has 0 saturated carbocycles. The van der Waals surface area contributed by atoms with E-state index in [4.69, 9.17) is 17.3 Å². The van der Waals surface area contributed by atoms with Crippen molar-refractivity contribution in [2.75, 3.05) is 6.54 Å². The van der Waals surface area contributed by atoms with Gasteiger partial charge < -0.3 is 11.1 Å². The second-order valence-electron chi connectivity index (χ2n) is 4.66. The highest BCUT2D eigenvalue weighted by Gasteiger charge is 2.17. The second kappa shape index (κ2) is 5.80. The number of nitrogens with two attached hydrogens (primary N) is 1. The van der Waals surface area contributed by atoms with E-state index in [1.807, 2.05) is 0 Å². The smallest absolute Gasteiger partial charge is 0.141 e. The van der Waals surface area contributed by atoms with Crippen molar-refractivity contribution in [2.24, 2.45) is 5.73 Å². The van der Waals surface area contributed by atoms with Crippen LogP contribution in [0.4, 0.5) is 4.39 Å². The molecule has 4 heteroatoms. The van der Waals surface area contributed by atoms with Crippen molar-refractivity contribution < 1.29 is 4.39 Å². The molecule has 94 valence electrons. The quantitative estimate of drug-likeness (QED) is 0.873. The lowest BCUT2D eigenvalue weighted by atomic mass is 9.95. The van der Waals surface area contributed by atoms with Crippen LogP contribution in [0.5, 0.6) is 0 Å². The van der Waals surface area contributed by atoms with Gasteiger partial charge in [0.1, 0.15) is 5.82 Å². The average Bonchev–Trinajstić information content (AvgIpc) is 2.34. The molecule has 0 aliphatic carbocycles. The molecule has 1 aromatic carbocycles. The van der Waals surface area contributed by atoms with Gasteiger partial charge in [-0.05, 0) is 43.5 Å². The van der Waals surface area contributed by atoms with E-state index in [1.165, 1.54) is 25.3 Å². The van der Waals surface area contributed by atoms with Crippen molar-refractivity contribution in [2.45, 2.75) is 37.8 Å². The van der Waals surface area contributed by atoms with Crippen molar-refractivity contribution in [1.82, 2.24) is 5.32 Å². The third-order valence-corrected chi connectivity index (χ3v) is 3.61. The Morgan fingerprint density at radius 3 is 2.94 bits per heavy atom. The third kappa shape index (κ3) is 3.41. The molecule has 1 aliphatic heterocycles. The zero-order valence-electron chi connectivity index (χ0n) is 9.76. The molecule has 2 atom stereocenters. The van der Waals surface area contributed by atoms with Gasteiger partial charge in [0.25, 0.3) is 0 Å². The number of hydrogen-bond donors (Lipinski definition) is 2. The first-order valence-electron chi connectivity index (χ1n) is 6.10. The molecule has 1 heterocycles. The predicted molar refractivity (Wildman–Crippen MR) is 68.6 cm³/mol. The van der Waals surface area contributed by atoms with Gasteiger partial charge in [0.15, 0.2) is 0 Å². The van der Waals surface area contributed by atoms with E-state index in [0.717, 1.165) is 18.5 Å². The summed E-state index contributed by atoms with van der Waals surface area (Å²) in [7, 11) is 0. The molecule has 2 nitrogen and oxygen atoms in total. The molecule has 0 aromatic heterocycles. The normalized spacial score (nSPS) is 22.4. The van der Waals surface area contributed by atoms with Gasteiger partial charge in [0.05, 0.1) is 5.02 Å². The topological polar surface area (TPSA) is 38.0 Å². The Labute approximate surface area is 106 Å². The number of piperidine rings is 1. The molecule has 1 saturated heterocycles. The molecular weight excluding hydrogens is 239 g/mol. The van der Waals surface area contributed by atoms with Gasteiger partial charge in [-0.15, -0.1) is 0 Å². The summed E-state index contributed by atoms with van der Waals surface area (Å²) in [6, 6.07) is 5.12. The van der Waals surface area contributed by atoms with Gasteiger partial charge in [0, 0.05) is 12.1 Å². The highest BCUT2D eigenvalue weighted by Crippen LogP contribution is 2.24. The summed E-state index contributed by atoms with van der Waals surface area (Å²) in [5, 5.41) is 3.61. The molecular formula is C13H18ClFN2. The van der Waals surface area contributed by atoms with Crippen LogP contribution in [0.25, 0.3) is 0 Å². The molecule has 3 N–H and O–H groups in total. The summed E-state index contributed by atoms with van der Waals surface area (Å²) < 4.78 is 13.0. The van der Waals surface area contributed by atoms with Crippen LogP contribution in [0.3, 0.4) is 0 Å². The summed E-state index contributed by atoms with van der Waals surface area (Å²) in [5.74, 6) is -0.390. The Kier molecular flexibility index (Phi) is 4.37. The minimum atomic E-state index is -0.390. The van der Waals surface area contributed by atoms with Gasteiger partial charge >= 0.3 is 0 Å². The van der Waals surface area contributed by atoms with Gasteiger partial charge in [-0.3, -0.25) is 0 Å². The van der Waals surface area contributed by atoms with Crippen LogP contribution < -0.4 is 11.1 Å². The number of hydrogen-bond acceptors (Lipinski definition) is 2. The van der Waals surface area contributed by atoms with E-state index in [2.05, 4.69) is 5.32 Å². The van der Waals surface area contributed by atoms with E-state index < -0.39 is 5.82 Å². The monoisotopic (exact) mass is 256 g/mol. The lowest BCUT2D eigenvalue weighted by Gasteiger charge is -2.26. The van der Waals surface area contributed by atoms with Crippen LogP contribution in [0.15, 0.2) is 18.2 Å². The lowest BCUT2D eigenvalue weighted by molar-refractivity contribution is 0.362. The molecule has 2 unspecified atom stereocenters. The SMILES string of the molecule is NC(CC1CCCCN1)c1ccc(F)c(Cl)c1. The number of rotatable bonds is 3. The van der Waals surface area contributed by atoms with Crippen molar-refractivity contribution in [3.63, 3.8) is 0 Å². The van der Waals surface area contributed by atoms with E-state index in [9.17, 15) is 4.39 Å². The van der Waals surface area contributed by atoms with Crippen LogP contribution in [0, 0.1) is 5.82 Å². The minimum absolute atomic E-state index is 0.0799. The van der Waals surface area contributed by atoms with Crippen molar-refractivity contribution >= 4 is 11.6 Å². The maximum Gasteiger partial charge on any atom is 0.141 e. The molecule has 0 bridgehead atoms. The predicted octanol–water partition coefficient (Wildman–Crippen LogP) is 3.01. The first-order valence-corrected chi connectivity index (χ1v) is 6.48. The van der Waals surface area contributed by atoms with Crippen molar-refractivity contribution in [3.05, 3.63) is 34.6 Å². The zero-order chi connectivity index (χ0) is 12.3. The Bertz CT molecular complexity index is 378. The Morgan fingerprint density at radius 2 is 2.29 bits per heavy atom. The Balaban J connectivity index is 1.98. The Morgan fingerprint density at radius 1 is 1.47 bits per heavy atom. The highest BCUT2D eigenvalue weighted by atomic mass is 35.5. The summed E-state index contributed by atoms with van der Waals surface area (Å²) in [5.41, 5.74) is 7.03. The molecule has 2 rings (SSSR count). The summed E-state index contributed by atoms with van der Waals surface area (Å²) in [6.45, 7) is 1.07. The van der Waals surface area contributed by atoms with Gasteiger partial charge in [0.2, 0.25) is 0 Å². The van der Waals surface area contributed by atoms with Crippen molar-refractivity contribution in [3.8, 4) is 0 Å². The largest absolute Gasteiger partial charge is 0.324 e. The number of nitrogens with one attached hydrogen (secondary N) is 1. The highest BCUT2D eigenvalue weighted by molar-refractivity contribution is 6.30. The fraction of sp³-hybridized carbons (Fsp3) is 0.538. The molecule has 1 aromatic rings. The van der Waals surface area contributed by atoms with Crippen LogP contribution in [0.1, 0.15) is 37.3 Å². The van der Waals surface area contributed by atoms with Gasteiger partial charge in [-0.25, -0.2) is 4.39 Å². The molecule has 0 amide bonds. The number of halogens is 2. The molecule has 0 spiro atoms. The first kappa shape index (κ1) is 12.8. The third-order valence-electron chi connectivity index (χ3n) is 3.32. The standard InChI is InChI=1S/C13H18ClFN2/c14-11-7-9(4-5-12(11)15)13(16)8-10-3-1-2-6-17-10/h4-5,7,10,13,17H,1-3,6,8,16H2. The van der Waals surface area contributed by atoms with Crippen LogP contribution in [-0.2, 0) is 0 Å². The lowest BCUT2D eigenvalue weighted by Crippen LogP contribution is -2.36. The van der Waals surface area contributed by atoms with E-state index in [0.29, 0.717) is 6.04 Å². The molecule has 17 heavy (non-hydrogen) atoms. The van der Waals surface area contributed by atoms with Gasteiger partial charge in [-0.2, -0.15) is 0 Å². The van der Waals surface area contributed by atoms with E-state index in [-0.39, 0.29) is 11.1 Å². The number of benzene rings is 1. The second-order valence-corrected chi connectivity index (χ2v) is 5.07. The molecule has 1 fully saturated rings. The van der Waals surface area contributed by atoms with Crippen LogP contribution in [-0.4, -0.2) is 12.6 Å². The van der Waals surface area contributed by atoms with E-state index >= 15 is 0 Å². The average molecular weight is 257 g/mol. The molecule has 1 aliphatic rings. The van der Waals surface area contributed by atoms with Crippen LogP contribution in [0.2, 0.25) is 5.02 Å². The summed E-state index contributed by atoms with van der Waals surface area (Å²) >= 11 is 5.75. The maximum atomic E-state index is 13.0. The molecule has 0 radical (unpaired) electrons. The summed E-state index contributed by atoms with van der Waals surface area (Å²) in [4.78, 5) is 0. The Hall–Kier alpha value is -0.640. The fourth-order valence-corrected chi connectivity index (χ4v) is 2.50. The van der Waals surface area contributed by atoms with Crippen molar-refractivity contribution in [1.29, 1.82) is 0 Å². The van der Waals surface area contributed by atoms with Crippen LogP contribution >= 0.6 is 11.6 Å². The first-order chi connectivity index (χ1) is 8.16. The van der Waals surface area contributed by atoms with E-state index in [1.54, 1.807) is 12.1 Å². The maximum absolute atomic E-state index is 13.0. The minimum Gasteiger partial charge on any atom is -0.324 e. The summed E-state index contributed by atoms with van der Waals surface area (Å²) in [6.07, 6.45) is 4.55.